The summed E-state index contributed by atoms with van der Waals surface area (Å²) in [5.41, 5.74) is 6.88. The molecule has 1 fully saturated rings. The number of benzene rings is 1. The molecule has 3 nitrogen and oxygen atoms in total. The molecule has 98 valence electrons. The topological polar surface area (TPSA) is 55.1 Å². The van der Waals surface area contributed by atoms with E-state index in [4.69, 9.17) is 5.73 Å². The van der Waals surface area contributed by atoms with Gasteiger partial charge in [0.05, 0.1) is 6.42 Å². The summed E-state index contributed by atoms with van der Waals surface area (Å²) in [5.74, 6) is 0.0994. The van der Waals surface area contributed by atoms with Crippen molar-refractivity contribution in [2.45, 2.75) is 44.2 Å². The average Bonchev–Trinajstić information content (AvgIpc) is 2.35. The standard InChI is InChI=1S/C14H19BrN2O/c15-13-4-2-1-3-10(13)9-14(18)17-12-7-5-11(16)6-8-12/h1-4,11-12H,5-9,16H2,(H,17,18). The van der Waals surface area contributed by atoms with Crippen LogP contribution in [-0.2, 0) is 11.2 Å². The molecule has 1 amide bonds. The molecule has 0 saturated heterocycles. The lowest BCUT2D eigenvalue weighted by Gasteiger charge is -2.26. The lowest BCUT2D eigenvalue weighted by Crippen LogP contribution is -2.41. The first kappa shape index (κ1) is 13.6. The number of nitrogens with one attached hydrogen (secondary N) is 1. The molecule has 0 spiro atoms. The normalized spacial score (nSPS) is 23.7. The Labute approximate surface area is 116 Å². The van der Waals surface area contributed by atoms with Crippen LogP contribution in [0.4, 0.5) is 0 Å². The molecule has 0 aromatic heterocycles. The fourth-order valence-electron chi connectivity index (χ4n) is 2.36. The van der Waals surface area contributed by atoms with Crippen molar-refractivity contribution in [3.63, 3.8) is 0 Å². The number of halogens is 1. The van der Waals surface area contributed by atoms with Crippen molar-refractivity contribution in [2.75, 3.05) is 0 Å². The van der Waals surface area contributed by atoms with Crippen molar-refractivity contribution in [2.24, 2.45) is 5.73 Å². The Bertz CT molecular complexity index is 414. The van der Waals surface area contributed by atoms with Crippen LogP contribution in [0.1, 0.15) is 31.2 Å². The fraction of sp³-hybridized carbons (Fsp3) is 0.500. The van der Waals surface area contributed by atoms with Gasteiger partial charge in [-0.1, -0.05) is 34.1 Å². The minimum absolute atomic E-state index is 0.0994. The Morgan fingerprint density at radius 2 is 1.94 bits per heavy atom. The van der Waals surface area contributed by atoms with E-state index in [1.165, 1.54) is 0 Å². The maximum atomic E-state index is 12.0. The third kappa shape index (κ3) is 3.82. The quantitative estimate of drug-likeness (QED) is 0.900. The highest BCUT2D eigenvalue weighted by Crippen LogP contribution is 2.18. The van der Waals surface area contributed by atoms with E-state index < -0.39 is 0 Å². The van der Waals surface area contributed by atoms with Gasteiger partial charge in [0.25, 0.3) is 0 Å². The molecule has 1 aliphatic rings. The smallest absolute Gasteiger partial charge is 0.224 e. The molecule has 1 saturated carbocycles. The largest absolute Gasteiger partial charge is 0.353 e. The van der Waals surface area contributed by atoms with E-state index >= 15 is 0 Å². The molecule has 18 heavy (non-hydrogen) atoms. The first-order chi connectivity index (χ1) is 8.65. The summed E-state index contributed by atoms with van der Waals surface area (Å²) in [6.07, 6.45) is 4.47. The Morgan fingerprint density at radius 3 is 2.61 bits per heavy atom. The maximum Gasteiger partial charge on any atom is 0.224 e. The Hall–Kier alpha value is -0.870. The molecular weight excluding hydrogens is 292 g/mol. The molecular formula is C14H19BrN2O. The number of carbonyl (C=O) groups excluding carboxylic acids is 1. The Balaban J connectivity index is 1.84. The van der Waals surface area contributed by atoms with Gasteiger partial charge in [-0.15, -0.1) is 0 Å². The number of amides is 1. The van der Waals surface area contributed by atoms with E-state index in [2.05, 4.69) is 21.2 Å². The zero-order valence-electron chi connectivity index (χ0n) is 10.4. The third-order valence-corrected chi connectivity index (χ3v) is 4.22. The molecule has 0 bridgehead atoms. The lowest BCUT2D eigenvalue weighted by atomic mass is 9.91. The first-order valence-electron chi connectivity index (χ1n) is 6.43. The SMILES string of the molecule is NC1CCC(NC(=O)Cc2ccccc2Br)CC1. The molecule has 0 aliphatic heterocycles. The molecule has 4 heteroatoms. The second kappa shape index (κ2) is 6.34. The molecule has 2 rings (SSSR count). The van der Waals surface area contributed by atoms with E-state index in [9.17, 15) is 4.79 Å². The summed E-state index contributed by atoms with van der Waals surface area (Å²) in [6.45, 7) is 0. The first-order valence-corrected chi connectivity index (χ1v) is 7.23. The minimum atomic E-state index is 0.0994. The second-order valence-electron chi connectivity index (χ2n) is 4.95. The van der Waals surface area contributed by atoms with E-state index in [0.717, 1.165) is 35.7 Å². The van der Waals surface area contributed by atoms with Gasteiger partial charge < -0.3 is 11.1 Å². The summed E-state index contributed by atoms with van der Waals surface area (Å²) < 4.78 is 0.991. The van der Waals surface area contributed by atoms with Gasteiger partial charge in [0, 0.05) is 16.6 Å². The molecule has 0 heterocycles. The van der Waals surface area contributed by atoms with Crippen LogP contribution in [0.2, 0.25) is 0 Å². The molecule has 0 radical (unpaired) electrons. The summed E-state index contributed by atoms with van der Waals surface area (Å²) in [4.78, 5) is 12.0. The predicted octanol–water partition coefficient (Wildman–Crippen LogP) is 2.38. The van der Waals surface area contributed by atoms with Gasteiger partial charge >= 0.3 is 0 Å². The van der Waals surface area contributed by atoms with E-state index in [-0.39, 0.29) is 5.91 Å². The number of nitrogens with two attached hydrogens (primary N) is 1. The highest BCUT2D eigenvalue weighted by Gasteiger charge is 2.20. The monoisotopic (exact) mass is 310 g/mol. The summed E-state index contributed by atoms with van der Waals surface area (Å²) in [5, 5.41) is 3.10. The number of hydrogen-bond acceptors (Lipinski definition) is 2. The minimum Gasteiger partial charge on any atom is -0.353 e. The number of hydrogen-bond donors (Lipinski definition) is 2. The summed E-state index contributed by atoms with van der Waals surface area (Å²) in [6, 6.07) is 8.46. The zero-order valence-corrected chi connectivity index (χ0v) is 11.9. The van der Waals surface area contributed by atoms with E-state index in [1.54, 1.807) is 0 Å². The molecule has 0 unspecified atom stereocenters. The van der Waals surface area contributed by atoms with Crippen LogP contribution in [0.15, 0.2) is 28.7 Å². The number of rotatable bonds is 3. The van der Waals surface area contributed by atoms with Gasteiger partial charge in [0.15, 0.2) is 0 Å². The van der Waals surface area contributed by atoms with E-state index in [1.807, 2.05) is 24.3 Å². The van der Waals surface area contributed by atoms with Gasteiger partial charge in [-0.05, 0) is 37.3 Å². The average molecular weight is 311 g/mol. The van der Waals surface area contributed by atoms with Gasteiger partial charge in [-0.3, -0.25) is 4.79 Å². The molecule has 3 N–H and O–H groups in total. The fourth-order valence-corrected chi connectivity index (χ4v) is 2.78. The third-order valence-electron chi connectivity index (χ3n) is 3.45. The maximum absolute atomic E-state index is 12.0. The molecule has 1 aromatic rings. The zero-order chi connectivity index (χ0) is 13.0. The molecule has 0 atom stereocenters. The van der Waals surface area contributed by atoms with Crippen LogP contribution in [0, 0.1) is 0 Å². The predicted molar refractivity (Wildman–Crippen MR) is 76.2 cm³/mol. The Morgan fingerprint density at radius 1 is 1.28 bits per heavy atom. The van der Waals surface area contributed by atoms with Gasteiger partial charge in [-0.25, -0.2) is 0 Å². The highest BCUT2D eigenvalue weighted by molar-refractivity contribution is 9.10. The van der Waals surface area contributed by atoms with Gasteiger partial charge in [-0.2, -0.15) is 0 Å². The summed E-state index contributed by atoms with van der Waals surface area (Å²) in [7, 11) is 0. The second-order valence-corrected chi connectivity index (χ2v) is 5.80. The van der Waals surface area contributed by atoms with Gasteiger partial charge in [0.1, 0.15) is 0 Å². The van der Waals surface area contributed by atoms with Crippen molar-refractivity contribution in [1.29, 1.82) is 0 Å². The summed E-state index contributed by atoms with van der Waals surface area (Å²) >= 11 is 3.46. The van der Waals surface area contributed by atoms with Crippen molar-refractivity contribution in [1.82, 2.24) is 5.32 Å². The van der Waals surface area contributed by atoms with Crippen LogP contribution in [-0.4, -0.2) is 18.0 Å². The van der Waals surface area contributed by atoms with Crippen molar-refractivity contribution >= 4 is 21.8 Å². The van der Waals surface area contributed by atoms with Crippen molar-refractivity contribution < 1.29 is 4.79 Å². The van der Waals surface area contributed by atoms with Crippen LogP contribution >= 0.6 is 15.9 Å². The molecule has 1 aromatic carbocycles. The Kier molecular flexibility index (Phi) is 4.78. The number of carbonyl (C=O) groups is 1. The van der Waals surface area contributed by atoms with Crippen LogP contribution in [0.25, 0.3) is 0 Å². The van der Waals surface area contributed by atoms with E-state index in [0.29, 0.717) is 18.5 Å². The van der Waals surface area contributed by atoms with Crippen LogP contribution in [0.3, 0.4) is 0 Å². The lowest BCUT2D eigenvalue weighted by molar-refractivity contribution is -0.121. The van der Waals surface area contributed by atoms with Crippen LogP contribution < -0.4 is 11.1 Å². The van der Waals surface area contributed by atoms with Crippen molar-refractivity contribution in [3.05, 3.63) is 34.3 Å². The highest BCUT2D eigenvalue weighted by atomic mass is 79.9. The van der Waals surface area contributed by atoms with Crippen molar-refractivity contribution in [3.8, 4) is 0 Å². The van der Waals surface area contributed by atoms with Gasteiger partial charge in [0.2, 0.25) is 5.91 Å². The molecule has 1 aliphatic carbocycles. The van der Waals surface area contributed by atoms with Crippen LogP contribution in [0.5, 0.6) is 0 Å².